The number of hydrogen-bond acceptors (Lipinski definition) is 2. The first-order chi connectivity index (χ1) is 5.79. The van der Waals surface area contributed by atoms with E-state index < -0.39 is 0 Å². The van der Waals surface area contributed by atoms with E-state index in [1.807, 2.05) is 0 Å². The Kier molecular flexibility index (Phi) is 12.1. The van der Waals surface area contributed by atoms with Crippen LogP contribution in [0.1, 0.15) is 32.1 Å². The highest BCUT2D eigenvalue weighted by molar-refractivity contribution is 5.85. The van der Waals surface area contributed by atoms with Gasteiger partial charge in [-0.15, -0.1) is 24.8 Å². The lowest BCUT2D eigenvalue weighted by Crippen LogP contribution is -2.29. The molecule has 0 amide bonds. The largest absolute Gasteiger partial charge is 0.314 e. The molecule has 0 saturated heterocycles. The minimum absolute atomic E-state index is 0. The van der Waals surface area contributed by atoms with Crippen molar-refractivity contribution in [1.82, 2.24) is 10.2 Å². The SMILES string of the molecule is CN(C)CCCNC1CCCC1.Cl.Cl. The van der Waals surface area contributed by atoms with E-state index in [-0.39, 0.29) is 24.8 Å². The second kappa shape index (κ2) is 10.0. The van der Waals surface area contributed by atoms with Gasteiger partial charge in [-0.1, -0.05) is 12.8 Å². The molecule has 0 spiro atoms. The third-order valence-electron chi connectivity index (χ3n) is 2.57. The summed E-state index contributed by atoms with van der Waals surface area (Å²) in [6.45, 7) is 2.41. The van der Waals surface area contributed by atoms with Crippen LogP contribution in [-0.2, 0) is 0 Å². The summed E-state index contributed by atoms with van der Waals surface area (Å²) < 4.78 is 0. The van der Waals surface area contributed by atoms with E-state index in [0.29, 0.717) is 0 Å². The molecule has 1 fully saturated rings. The van der Waals surface area contributed by atoms with E-state index in [1.54, 1.807) is 0 Å². The number of nitrogens with zero attached hydrogens (tertiary/aromatic N) is 1. The van der Waals surface area contributed by atoms with Crippen molar-refractivity contribution in [3.63, 3.8) is 0 Å². The topological polar surface area (TPSA) is 15.3 Å². The summed E-state index contributed by atoms with van der Waals surface area (Å²) in [5.41, 5.74) is 0. The molecule has 1 aliphatic carbocycles. The van der Waals surface area contributed by atoms with Crippen LogP contribution < -0.4 is 5.32 Å². The van der Waals surface area contributed by atoms with Gasteiger partial charge in [-0.05, 0) is 46.4 Å². The van der Waals surface area contributed by atoms with Crippen LogP contribution in [0.25, 0.3) is 0 Å². The zero-order valence-electron chi connectivity index (χ0n) is 9.29. The van der Waals surface area contributed by atoms with E-state index in [0.717, 1.165) is 6.04 Å². The molecule has 1 aliphatic rings. The molecule has 1 saturated carbocycles. The first-order valence-corrected chi connectivity index (χ1v) is 5.17. The van der Waals surface area contributed by atoms with Gasteiger partial charge >= 0.3 is 0 Å². The number of halogens is 2. The third kappa shape index (κ3) is 7.86. The second-order valence-corrected chi connectivity index (χ2v) is 4.09. The zero-order valence-corrected chi connectivity index (χ0v) is 10.9. The molecule has 0 unspecified atom stereocenters. The smallest absolute Gasteiger partial charge is 0.00670 e. The summed E-state index contributed by atoms with van der Waals surface area (Å²) in [4.78, 5) is 2.25. The van der Waals surface area contributed by atoms with E-state index in [4.69, 9.17) is 0 Å². The van der Waals surface area contributed by atoms with Crippen LogP contribution in [-0.4, -0.2) is 38.1 Å². The van der Waals surface area contributed by atoms with Crippen molar-refractivity contribution in [2.45, 2.75) is 38.1 Å². The van der Waals surface area contributed by atoms with Crippen molar-refractivity contribution >= 4 is 24.8 Å². The standard InChI is InChI=1S/C10H22N2.2ClH/c1-12(2)9-5-8-11-10-6-3-4-7-10;;/h10-11H,3-9H2,1-2H3;2*1H. The minimum atomic E-state index is 0. The number of nitrogens with one attached hydrogen (secondary N) is 1. The maximum absolute atomic E-state index is 3.61. The molecule has 2 nitrogen and oxygen atoms in total. The van der Waals surface area contributed by atoms with Crippen LogP contribution in [0.2, 0.25) is 0 Å². The van der Waals surface area contributed by atoms with Crippen molar-refractivity contribution in [3.8, 4) is 0 Å². The van der Waals surface area contributed by atoms with Gasteiger partial charge in [-0.3, -0.25) is 0 Å². The zero-order chi connectivity index (χ0) is 8.81. The van der Waals surface area contributed by atoms with E-state index in [1.165, 1.54) is 45.2 Å². The van der Waals surface area contributed by atoms with Crippen LogP contribution in [0, 0.1) is 0 Å². The fourth-order valence-corrected chi connectivity index (χ4v) is 1.83. The lowest BCUT2D eigenvalue weighted by molar-refractivity contribution is 0.386. The first-order valence-electron chi connectivity index (χ1n) is 5.17. The molecule has 0 aromatic carbocycles. The van der Waals surface area contributed by atoms with Gasteiger partial charge in [0.05, 0.1) is 0 Å². The molecule has 0 heterocycles. The molecule has 1 rings (SSSR count). The molecule has 1 N–H and O–H groups in total. The van der Waals surface area contributed by atoms with Gasteiger partial charge in [0.2, 0.25) is 0 Å². The van der Waals surface area contributed by atoms with Crippen molar-refractivity contribution in [2.75, 3.05) is 27.2 Å². The molecule has 0 aliphatic heterocycles. The molecule has 0 bridgehead atoms. The lowest BCUT2D eigenvalue weighted by Gasteiger charge is -2.13. The Morgan fingerprint density at radius 2 is 1.71 bits per heavy atom. The van der Waals surface area contributed by atoms with E-state index in [2.05, 4.69) is 24.3 Å². The van der Waals surface area contributed by atoms with Gasteiger partial charge in [0.25, 0.3) is 0 Å². The molecular formula is C10H24Cl2N2. The summed E-state index contributed by atoms with van der Waals surface area (Å²) in [5, 5.41) is 3.61. The fraction of sp³-hybridized carbons (Fsp3) is 1.00. The average molecular weight is 243 g/mol. The van der Waals surface area contributed by atoms with Crippen molar-refractivity contribution in [3.05, 3.63) is 0 Å². The molecular weight excluding hydrogens is 219 g/mol. The highest BCUT2D eigenvalue weighted by Crippen LogP contribution is 2.17. The number of rotatable bonds is 5. The Bertz CT molecular complexity index is 115. The van der Waals surface area contributed by atoms with Gasteiger partial charge in [-0.2, -0.15) is 0 Å². The predicted octanol–water partition coefficient (Wildman–Crippen LogP) is 2.31. The molecule has 88 valence electrons. The van der Waals surface area contributed by atoms with Crippen LogP contribution in [0.3, 0.4) is 0 Å². The molecule has 0 atom stereocenters. The van der Waals surface area contributed by atoms with Gasteiger partial charge in [0.1, 0.15) is 0 Å². The van der Waals surface area contributed by atoms with Crippen molar-refractivity contribution < 1.29 is 0 Å². The summed E-state index contributed by atoms with van der Waals surface area (Å²) >= 11 is 0. The van der Waals surface area contributed by atoms with Gasteiger partial charge in [-0.25, -0.2) is 0 Å². The van der Waals surface area contributed by atoms with Crippen LogP contribution >= 0.6 is 24.8 Å². The average Bonchev–Trinajstić information content (AvgIpc) is 2.49. The Labute approximate surface area is 101 Å². The summed E-state index contributed by atoms with van der Waals surface area (Å²) in [6, 6.07) is 0.840. The predicted molar refractivity (Wildman–Crippen MR) is 67.9 cm³/mol. The molecule has 4 heteroatoms. The summed E-state index contributed by atoms with van der Waals surface area (Å²) in [5.74, 6) is 0. The quantitative estimate of drug-likeness (QED) is 0.745. The molecule has 0 aromatic heterocycles. The summed E-state index contributed by atoms with van der Waals surface area (Å²) in [6.07, 6.45) is 6.96. The van der Waals surface area contributed by atoms with Gasteiger partial charge in [0, 0.05) is 6.04 Å². The Hall–Kier alpha value is 0.500. The number of hydrogen-bond donors (Lipinski definition) is 1. The van der Waals surface area contributed by atoms with Gasteiger partial charge < -0.3 is 10.2 Å². The summed E-state index contributed by atoms with van der Waals surface area (Å²) in [7, 11) is 4.27. The van der Waals surface area contributed by atoms with Crippen molar-refractivity contribution in [2.24, 2.45) is 0 Å². The Balaban J connectivity index is 0. The van der Waals surface area contributed by atoms with Crippen LogP contribution in [0.15, 0.2) is 0 Å². The normalized spacial score (nSPS) is 16.5. The molecule has 0 aromatic rings. The van der Waals surface area contributed by atoms with E-state index >= 15 is 0 Å². The lowest BCUT2D eigenvalue weighted by atomic mass is 10.2. The first kappa shape index (κ1) is 16.9. The maximum Gasteiger partial charge on any atom is 0.00670 e. The van der Waals surface area contributed by atoms with Crippen LogP contribution in [0.5, 0.6) is 0 Å². The minimum Gasteiger partial charge on any atom is -0.314 e. The maximum atomic E-state index is 3.61. The highest BCUT2D eigenvalue weighted by Gasteiger charge is 2.12. The van der Waals surface area contributed by atoms with Gasteiger partial charge in [0.15, 0.2) is 0 Å². The van der Waals surface area contributed by atoms with Crippen molar-refractivity contribution in [1.29, 1.82) is 0 Å². The molecule has 0 radical (unpaired) electrons. The highest BCUT2D eigenvalue weighted by atomic mass is 35.5. The Morgan fingerprint density at radius 3 is 2.21 bits per heavy atom. The second-order valence-electron chi connectivity index (χ2n) is 4.09. The Morgan fingerprint density at radius 1 is 1.14 bits per heavy atom. The molecule has 14 heavy (non-hydrogen) atoms. The van der Waals surface area contributed by atoms with Crippen LogP contribution in [0.4, 0.5) is 0 Å². The van der Waals surface area contributed by atoms with E-state index in [9.17, 15) is 0 Å². The monoisotopic (exact) mass is 242 g/mol. The fourth-order valence-electron chi connectivity index (χ4n) is 1.83. The third-order valence-corrected chi connectivity index (χ3v) is 2.57.